The largest absolute Gasteiger partial charge is 0.627 e. The third kappa shape index (κ3) is 3.99. The van der Waals surface area contributed by atoms with Crippen molar-refractivity contribution in [2.75, 3.05) is 6.54 Å². The number of rotatable bonds is 7. The van der Waals surface area contributed by atoms with E-state index >= 15 is 0 Å². The Hall–Kier alpha value is -2.18. The van der Waals surface area contributed by atoms with Crippen LogP contribution in [-0.4, -0.2) is 13.2 Å². The van der Waals surface area contributed by atoms with Gasteiger partial charge in [0, 0.05) is 46.1 Å². The van der Waals surface area contributed by atoms with Crippen LogP contribution in [0.4, 0.5) is 14.5 Å². The van der Waals surface area contributed by atoms with Crippen molar-refractivity contribution in [1.82, 2.24) is 4.65 Å². The number of nitrogens with zero attached hydrogens (tertiary/aromatic N) is 1. The molecule has 0 saturated heterocycles. The fourth-order valence-electron chi connectivity index (χ4n) is 4.65. The molecule has 4 rings (SSSR count). The summed E-state index contributed by atoms with van der Waals surface area (Å²) in [6.07, 6.45) is 2.46. The third-order valence-electron chi connectivity index (χ3n) is 6.46. The van der Waals surface area contributed by atoms with Crippen LogP contribution in [0.5, 0.6) is 5.75 Å². The van der Waals surface area contributed by atoms with Gasteiger partial charge in [-0.05, 0) is 43.2 Å². The van der Waals surface area contributed by atoms with Crippen molar-refractivity contribution < 1.29 is 13.5 Å². The second-order valence-electron chi connectivity index (χ2n) is 8.01. The van der Waals surface area contributed by atoms with Crippen molar-refractivity contribution in [3.8, 4) is 16.9 Å². The lowest BCUT2D eigenvalue weighted by molar-refractivity contribution is -0.0498. The molecule has 0 spiro atoms. The van der Waals surface area contributed by atoms with Gasteiger partial charge in [0.05, 0.1) is 6.54 Å². The molecule has 3 aromatic carbocycles. The van der Waals surface area contributed by atoms with E-state index in [1.165, 1.54) is 12.1 Å². The molecule has 1 fully saturated rings. The van der Waals surface area contributed by atoms with E-state index in [9.17, 15) is 14.0 Å². The van der Waals surface area contributed by atoms with Crippen molar-refractivity contribution in [3.63, 3.8) is 0 Å². The fraction of sp³-hybridized carbons (Fsp3) is 0.280. The first-order valence-electron chi connectivity index (χ1n) is 10.5. The number of halogens is 4. The number of hydroxylamine groups is 2. The van der Waals surface area contributed by atoms with Crippen LogP contribution >= 0.6 is 23.2 Å². The molecule has 32 heavy (non-hydrogen) atoms. The van der Waals surface area contributed by atoms with Crippen LogP contribution in [0, 0.1) is 5.21 Å². The predicted octanol–water partition coefficient (Wildman–Crippen LogP) is 8.17. The van der Waals surface area contributed by atoms with Crippen molar-refractivity contribution in [1.29, 1.82) is 0 Å². The molecule has 168 valence electrons. The summed E-state index contributed by atoms with van der Waals surface area (Å²) in [5.41, 5.74) is 2.68. The first-order chi connectivity index (χ1) is 15.3. The molecule has 1 atom stereocenters. The minimum absolute atomic E-state index is 0.0401. The van der Waals surface area contributed by atoms with E-state index in [4.69, 9.17) is 23.2 Å². The molecule has 0 heterocycles. The van der Waals surface area contributed by atoms with E-state index in [0.717, 1.165) is 36.0 Å². The van der Waals surface area contributed by atoms with E-state index < -0.39 is 16.8 Å². The number of ether oxygens (including phenoxy) is 1. The summed E-state index contributed by atoms with van der Waals surface area (Å²) in [4.78, 5) is 0. The Bertz CT molecular complexity index is 1090. The fourth-order valence-corrected chi connectivity index (χ4v) is 5.17. The monoisotopic (exact) mass is 477 g/mol. The van der Waals surface area contributed by atoms with Crippen LogP contribution in [0.25, 0.3) is 11.1 Å². The summed E-state index contributed by atoms with van der Waals surface area (Å²) in [7, 11) is 0. The molecule has 0 bridgehead atoms. The molecule has 1 unspecified atom stereocenters. The summed E-state index contributed by atoms with van der Waals surface area (Å²) >= 11 is 12.4. The summed E-state index contributed by atoms with van der Waals surface area (Å²) in [5, 5.41) is 15.4. The maximum absolute atomic E-state index is 14.3. The Morgan fingerprint density at radius 3 is 2.16 bits per heavy atom. The Morgan fingerprint density at radius 1 is 1.00 bits per heavy atom. The van der Waals surface area contributed by atoms with Gasteiger partial charge in [-0.2, -0.15) is 8.78 Å². The molecule has 1 aliphatic carbocycles. The molecule has 1 saturated carbocycles. The van der Waals surface area contributed by atoms with Gasteiger partial charge in [-0.1, -0.05) is 53.5 Å². The lowest BCUT2D eigenvalue weighted by atomic mass is 9.69. The highest BCUT2D eigenvalue weighted by molar-refractivity contribution is 6.36. The van der Waals surface area contributed by atoms with Crippen LogP contribution in [0.1, 0.15) is 31.7 Å². The van der Waals surface area contributed by atoms with E-state index in [1.807, 2.05) is 37.3 Å². The summed E-state index contributed by atoms with van der Waals surface area (Å²) in [6.45, 7) is -0.720. The predicted molar refractivity (Wildman–Crippen MR) is 126 cm³/mol. The van der Waals surface area contributed by atoms with Gasteiger partial charge in [0.15, 0.2) is 0 Å². The van der Waals surface area contributed by atoms with Crippen molar-refractivity contribution >= 4 is 28.9 Å². The molecule has 7 heteroatoms. The smallest absolute Gasteiger partial charge is 0.387 e. The molecule has 0 N–H and O–H groups in total. The van der Waals surface area contributed by atoms with E-state index in [2.05, 4.69) is 4.74 Å². The van der Waals surface area contributed by atoms with E-state index in [1.54, 1.807) is 24.3 Å². The number of hydrogen-bond acceptors (Lipinski definition) is 2. The minimum atomic E-state index is -2.90. The number of quaternary nitrogens is 1. The van der Waals surface area contributed by atoms with Gasteiger partial charge in [-0.25, -0.2) is 0 Å². The first kappa shape index (κ1) is 23.0. The van der Waals surface area contributed by atoms with Crippen LogP contribution in [0.15, 0.2) is 66.7 Å². The van der Waals surface area contributed by atoms with E-state index in [0.29, 0.717) is 22.3 Å². The average Bonchev–Trinajstić information content (AvgIpc) is 2.73. The molecule has 1 aliphatic rings. The lowest BCUT2D eigenvalue weighted by Gasteiger charge is -2.60. The van der Waals surface area contributed by atoms with Gasteiger partial charge in [-0.3, -0.25) is 0 Å². The van der Waals surface area contributed by atoms with Gasteiger partial charge >= 0.3 is 6.61 Å². The van der Waals surface area contributed by atoms with Crippen LogP contribution in [-0.2, 0) is 5.54 Å². The normalized spacial score (nSPS) is 17.0. The second kappa shape index (κ2) is 8.99. The van der Waals surface area contributed by atoms with Crippen molar-refractivity contribution in [2.24, 2.45) is 0 Å². The summed E-state index contributed by atoms with van der Waals surface area (Å²) in [6, 6.07) is 19.4. The highest BCUT2D eigenvalue weighted by atomic mass is 35.5. The molecule has 0 aromatic heterocycles. The molecule has 3 aromatic rings. The molecule has 3 nitrogen and oxygen atoms in total. The topological polar surface area (TPSA) is 32.3 Å². The minimum Gasteiger partial charge on any atom is -0.627 e. The number of alkyl halides is 2. The van der Waals surface area contributed by atoms with Gasteiger partial charge in [-0.15, -0.1) is 0 Å². The van der Waals surface area contributed by atoms with Gasteiger partial charge in [0.1, 0.15) is 17.0 Å². The average molecular weight is 478 g/mol. The Labute approximate surface area is 196 Å². The van der Waals surface area contributed by atoms with E-state index in [-0.39, 0.29) is 5.75 Å². The zero-order chi connectivity index (χ0) is 22.9. The Kier molecular flexibility index (Phi) is 6.46. The van der Waals surface area contributed by atoms with Crippen molar-refractivity contribution in [3.05, 3.63) is 87.5 Å². The van der Waals surface area contributed by atoms with Crippen LogP contribution in [0.2, 0.25) is 10.0 Å². The quantitative estimate of drug-likeness (QED) is 0.253. The summed E-state index contributed by atoms with van der Waals surface area (Å²) in [5.74, 6) is 0.0401. The van der Waals surface area contributed by atoms with Crippen molar-refractivity contribution in [2.45, 2.75) is 38.3 Å². The standard InChI is InChI=1S/C25H23Cl2F2NO2/c1-2-30(31,20-9-11-21(12-10-20)32-24(28)29)25(14-3-15-25)18-6-4-17(5-7-18)22-13-8-19(26)16-23(22)27/h4-13,16,24H,2-3,14-15H2,1H3. The highest BCUT2D eigenvalue weighted by Crippen LogP contribution is 2.53. The SMILES string of the molecule is CC[N+]([O-])(c1ccc(OC(F)F)cc1)C1(c2ccc(-c3ccc(Cl)cc3Cl)cc2)CCC1. The number of hydrogen-bond donors (Lipinski definition) is 0. The Balaban J connectivity index is 1.68. The maximum Gasteiger partial charge on any atom is 0.387 e. The van der Waals surface area contributed by atoms with Crippen LogP contribution < -0.4 is 9.38 Å². The highest BCUT2D eigenvalue weighted by Gasteiger charge is 2.52. The first-order valence-corrected chi connectivity index (χ1v) is 11.3. The molecule has 0 radical (unpaired) electrons. The Morgan fingerprint density at radius 2 is 1.66 bits per heavy atom. The van der Waals surface area contributed by atoms with Gasteiger partial charge in [0.2, 0.25) is 0 Å². The zero-order valence-corrected chi connectivity index (χ0v) is 19.0. The zero-order valence-electron chi connectivity index (χ0n) is 17.5. The molecule has 0 amide bonds. The van der Waals surface area contributed by atoms with Gasteiger partial charge < -0.3 is 14.6 Å². The van der Waals surface area contributed by atoms with Gasteiger partial charge in [0.25, 0.3) is 0 Å². The molecular formula is C25H23Cl2F2NO2. The second-order valence-corrected chi connectivity index (χ2v) is 8.86. The molecule has 0 aliphatic heterocycles. The third-order valence-corrected chi connectivity index (χ3v) is 7.01. The van der Waals surface area contributed by atoms with Crippen LogP contribution in [0.3, 0.4) is 0 Å². The maximum atomic E-state index is 14.3. The molecular weight excluding hydrogens is 455 g/mol. The summed E-state index contributed by atoms with van der Waals surface area (Å²) < 4.78 is 28.9. The number of benzene rings is 3. The lowest BCUT2D eigenvalue weighted by Crippen LogP contribution is -2.63.